The number of hydrogen-bond acceptors (Lipinski definition) is 1. The van der Waals surface area contributed by atoms with Crippen LogP contribution in [-0.4, -0.2) is 5.91 Å². The van der Waals surface area contributed by atoms with Crippen LogP contribution in [-0.2, 0) is 17.6 Å². The van der Waals surface area contributed by atoms with Gasteiger partial charge >= 0.3 is 0 Å². The fourth-order valence-electron chi connectivity index (χ4n) is 4.43. The second-order valence-electron chi connectivity index (χ2n) is 7.96. The summed E-state index contributed by atoms with van der Waals surface area (Å²) < 4.78 is 0. The van der Waals surface area contributed by atoms with Gasteiger partial charge < -0.3 is 5.32 Å². The predicted octanol–water partition coefficient (Wildman–Crippen LogP) is 5.96. The monoisotopic (exact) mass is 383 g/mol. The highest BCUT2D eigenvalue weighted by Crippen LogP contribution is 2.29. The topological polar surface area (TPSA) is 29.1 Å². The third-order valence-electron chi connectivity index (χ3n) is 6.03. The summed E-state index contributed by atoms with van der Waals surface area (Å²) in [6.45, 7) is 2.14. The van der Waals surface area contributed by atoms with Crippen molar-refractivity contribution in [3.05, 3.63) is 107 Å². The number of nitrogens with one attached hydrogen (secondary N) is 1. The van der Waals surface area contributed by atoms with Gasteiger partial charge in [-0.3, -0.25) is 4.79 Å². The minimum atomic E-state index is -0.302. The Balaban J connectivity index is 1.61. The predicted molar refractivity (Wildman–Crippen MR) is 119 cm³/mol. The smallest absolute Gasteiger partial charge is 0.232 e. The van der Waals surface area contributed by atoms with Crippen LogP contribution in [0.2, 0.25) is 0 Å². The maximum Gasteiger partial charge on any atom is 0.232 e. The lowest BCUT2D eigenvalue weighted by atomic mass is 9.88. The molecule has 0 radical (unpaired) electrons. The summed E-state index contributed by atoms with van der Waals surface area (Å²) >= 11 is 0. The largest absolute Gasteiger partial charge is 0.348 e. The van der Waals surface area contributed by atoms with Crippen LogP contribution in [0.5, 0.6) is 0 Å². The van der Waals surface area contributed by atoms with Crippen LogP contribution in [0.25, 0.3) is 0 Å². The van der Waals surface area contributed by atoms with E-state index in [1.807, 2.05) is 60.7 Å². The summed E-state index contributed by atoms with van der Waals surface area (Å²) in [5.74, 6) is -0.240. The Morgan fingerprint density at radius 2 is 1.38 bits per heavy atom. The van der Waals surface area contributed by atoms with Gasteiger partial charge in [0, 0.05) is 0 Å². The van der Waals surface area contributed by atoms with E-state index >= 15 is 0 Å². The van der Waals surface area contributed by atoms with Gasteiger partial charge in [-0.1, -0.05) is 85.8 Å². The molecule has 2 heteroatoms. The molecule has 0 aliphatic heterocycles. The van der Waals surface area contributed by atoms with Gasteiger partial charge in [0.05, 0.1) is 12.0 Å². The fraction of sp³-hybridized carbons (Fsp3) is 0.296. The van der Waals surface area contributed by atoms with Crippen molar-refractivity contribution in [3.8, 4) is 0 Å². The Labute approximate surface area is 174 Å². The summed E-state index contributed by atoms with van der Waals surface area (Å²) in [5.41, 5.74) is 6.21. The summed E-state index contributed by atoms with van der Waals surface area (Å²) in [5, 5.41) is 3.35. The minimum absolute atomic E-state index is 0.0321. The third kappa shape index (κ3) is 4.42. The third-order valence-corrected chi connectivity index (χ3v) is 6.03. The van der Waals surface area contributed by atoms with Gasteiger partial charge in [0.1, 0.15) is 0 Å². The number of carbonyl (C=O) groups is 1. The Kier molecular flexibility index (Phi) is 6.09. The lowest BCUT2D eigenvalue weighted by Gasteiger charge is -2.25. The first-order valence-corrected chi connectivity index (χ1v) is 10.8. The van der Waals surface area contributed by atoms with Crippen molar-refractivity contribution >= 4 is 5.91 Å². The highest BCUT2D eigenvalue weighted by molar-refractivity contribution is 5.87. The van der Waals surface area contributed by atoms with E-state index in [1.165, 1.54) is 36.0 Å². The number of hydrogen-bond donors (Lipinski definition) is 1. The van der Waals surface area contributed by atoms with Gasteiger partial charge in [-0.05, 0) is 59.9 Å². The van der Waals surface area contributed by atoms with E-state index in [0.717, 1.165) is 24.0 Å². The molecular formula is C27H29NO. The molecule has 1 aliphatic carbocycles. The van der Waals surface area contributed by atoms with E-state index in [0.29, 0.717) is 0 Å². The molecule has 1 N–H and O–H groups in total. The second kappa shape index (κ2) is 9.09. The molecule has 29 heavy (non-hydrogen) atoms. The van der Waals surface area contributed by atoms with E-state index in [2.05, 4.69) is 30.4 Å². The fourth-order valence-corrected chi connectivity index (χ4v) is 4.43. The van der Waals surface area contributed by atoms with E-state index < -0.39 is 0 Å². The summed E-state index contributed by atoms with van der Waals surface area (Å²) in [4.78, 5) is 13.5. The van der Waals surface area contributed by atoms with E-state index in [9.17, 15) is 4.79 Å². The molecule has 1 atom stereocenters. The number of carbonyl (C=O) groups excluding carboxylic acids is 1. The molecule has 0 bridgehead atoms. The van der Waals surface area contributed by atoms with Crippen molar-refractivity contribution in [3.63, 3.8) is 0 Å². The van der Waals surface area contributed by atoms with Crippen LogP contribution in [0, 0.1) is 0 Å². The summed E-state index contributed by atoms with van der Waals surface area (Å²) in [6.07, 6.45) is 5.77. The first kappa shape index (κ1) is 19.4. The maximum absolute atomic E-state index is 13.5. The molecule has 0 saturated carbocycles. The van der Waals surface area contributed by atoms with Crippen LogP contribution >= 0.6 is 0 Å². The van der Waals surface area contributed by atoms with Crippen molar-refractivity contribution in [2.45, 2.75) is 51.0 Å². The molecule has 1 aliphatic rings. The second-order valence-corrected chi connectivity index (χ2v) is 7.96. The molecule has 3 aromatic rings. The van der Waals surface area contributed by atoms with Gasteiger partial charge in [-0.25, -0.2) is 0 Å². The van der Waals surface area contributed by atoms with Crippen molar-refractivity contribution < 1.29 is 4.79 Å². The normalized spacial score (nSPS) is 14.3. The number of aryl methyl sites for hydroxylation is 2. The van der Waals surface area contributed by atoms with Crippen LogP contribution in [0.3, 0.4) is 0 Å². The first-order chi connectivity index (χ1) is 14.3. The lowest BCUT2D eigenvalue weighted by molar-refractivity contribution is -0.122. The van der Waals surface area contributed by atoms with E-state index in [1.54, 1.807) is 0 Å². The van der Waals surface area contributed by atoms with Gasteiger partial charge in [-0.15, -0.1) is 0 Å². The molecule has 148 valence electrons. The number of benzene rings is 3. The number of fused-ring (bicyclic) bond motifs is 1. The zero-order valence-corrected chi connectivity index (χ0v) is 17.1. The van der Waals surface area contributed by atoms with E-state index in [-0.39, 0.29) is 17.9 Å². The van der Waals surface area contributed by atoms with Crippen LogP contribution < -0.4 is 5.32 Å². The number of amides is 1. The van der Waals surface area contributed by atoms with Gasteiger partial charge in [0.2, 0.25) is 5.91 Å². The van der Waals surface area contributed by atoms with Crippen molar-refractivity contribution in [2.75, 3.05) is 0 Å². The van der Waals surface area contributed by atoms with Crippen molar-refractivity contribution in [1.29, 1.82) is 0 Å². The first-order valence-electron chi connectivity index (χ1n) is 10.8. The van der Waals surface area contributed by atoms with Gasteiger partial charge in [-0.2, -0.15) is 0 Å². The van der Waals surface area contributed by atoms with Crippen LogP contribution in [0.15, 0.2) is 78.9 Å². The molecule has 3 aromatic carbocycles. The SMILES string of the molecule is CC[C@H](NC(=O)C(c1ccccc1)c1ccccc1)c1ccc2c(c1)CCCC2. The average Bonchev–Trinajstić information content (AvgIpc) is 2.79. The summed E-state index contributed by atoms with van der Waals surface area (Å²) in [6, 6.07) is 27.0. The van der Waals surface area contributed by atoms with Crippen LogP contribution in [0.4, 0.5) is 0 Å². The Morgan fingerprint density at radius 3 is 1.97 bits per heavy atom. The van der Waals surface area contributed by atoms with Gasteiger partial charge in [0.25, 0.3) is 0 Å². The zero-order valence-electron chi connectivity index (χ0n) is 17.1. The molecular weight excluding hydrogens is 354 g/mol. The molecule has 4 rings (SSSR count). The average molecular weight is 384 g/mol. The van der Waals surface area contributed by atoms with Crippen molar-refractivity contribution in [2.24, 2.45) is 0 Å². The molecule has 0 saturated heterocycles. The lowest BCUT2D eigenvalue weighted by Crippen LogP contribution is -2.33. The van der Waals surface area contributed by atoms with Crippen molar-refractivity contribution in [1.82, 2.24) is 5.32 Å². The molecule has 0 fully saturated rings. The highest BCUT2D eigenvalue weighted by atomic mass is 16.1. The minimum Gasteiger partial charge on any atom is -0.348 e. The molecule has 0 heterocycles. The number of rotatable bonds is 6. The zero-order chi connectivity index (χ0) is 20.1. The van der Waals surface area contributed by atoms with Gasteiger partial charge in [0.15, 0.2) is 0 Å². The van der Waals surface area contributed by atoms with Crippen LogP contribution in [0.1, 0.15) is 66.0 Å². The highest BCUT2D eigenvalue weighted by Gasteiger charge is 2.25. The Hall–Kier alpha value is -2.87. The molecule has 1 amide bonds. The molecule has 2 nitrogen and oxygen atoms in total. The summed E-state index contributed by atoms with van der Waals surface area (Å²) in [7, 11) is 0. The standard InChI is InChI=1S/C27H29NO/c1-2-25(24-18-17-20-11-9-10-16-23(20)19-24)28-27(29)26(21-12-5-3-6-13-21)22-14-7-4-8-15-22/h3-8,12-15,17-19,25-26H,2,9-11,16H2,1H3,(H,28,29)/t25-/m0/s1. The quantitative estimate of drug-likeness (QED) is 0.559. The molecule has 0 spiro atoms. The van der Waals surface area contributed by atoms with E-state index in [4.69, 9.17) is 0 Å². The maximum atomic E-state index is 13.5. The Morgan fingerprint density at radius 1 is 0.793 bits per heavy atom. The Bertz CT molecular complexity index is 909. The molecule has 0 aromatic heterocycles. The molecule has 0 unspecified atom stereocenters.